The minimum Gasteiger partial charge on any atom is -0.507 e. The highest BCUT2D eigenvalue weighted by atomic mass is 16.5. The molecule has 1 unspecified atom stereocenters. The zero-order valence-electron chi connectivity index (χ0n) is 15.6. The molecule has 6 nitrogen and oxygen atoms in total. The summed E-state index contributed by atoms with van der Waals surface area (Å²) in [6.07, 6.45) is -0.902. The highest BCUT2D eigenvalue weighted by Crippen LogP contribution is 2.20. The third-order valence-electron chi connectivity index (χ3n) is 4.72. The van der Waals surface area contributed by atoms with Gasteiger partial charge in [0.15, 0.2) is 6.10 Å². The van der Waals surface area contributed by atoms with E-state index in [1.165, 1.54) is 6.07 Å². The number of hydrogen-bond donors (Lipinski definition) is 1. The van der Waals surface area contributed by atoms with Gasteiger partial charge in [-0.2, -0.15) is 0 Å². The van der Waals surface area contributed by atoms with Crippen molar-refractivity contribution in [3.63, 3.8) is 0 Å². The normalized spacial score (nSPS) is 15.3. The first-order valence-corrected chi connectivity index (χ1v) is 9.05. The number of hydrogen-bond acceptors (Lipinski definition) is 5. The van der Waals surface area contributed by atoms with Gasteiger partial charge in [-0.25, -0.2) is 4.79 Å². The van der Waals surface area contributed by atoms with Crippen molar-refractivity contribution in [2.45, 2.75) is 20.0 Å². The van der Waals surface area contributed by atoms with Gasteiger partial charge >= 0.3 is 5.97 Å². The monoisotopic (exact) mass is 368 g/mol. The maximum absolute atomic E-state index is 12.6. The van der Waals surface area contributed by atoms with E-state index < -0.39 is 12.1 Å². The Bertz CT molecular complexity index is 814. The first-order chi connectivity index (χ1) is 13.0. The lowest BCUT2D eigenvalue weighted by Crippen LogP contribution is -2.51. The van der Waals surface area contributed by atoms with Gasteiger partial charge < -0.3 is 19.6 Å². The fourth-order valence-corrected chi connectivity index (χ4v) is 3.17. The lowest BCUT2D eigenvalue weighted by atomic mass is 10.1. The fraction of sp³-hybridized carbons (Fsp3) is 0.333. The predicted octanol–water partition coefficient (Wildman–Crippen LogP) is 2.59. The summed E-state index contributed by atoms with van der Waals surface area (Å²) < 4.78 is 5.29. The van der Waals surface area contributed by atoms with Crippen molar-refractivity contribution >= 4 is 17.6 Å². The quantitative estimate of drug-likeness (QED) is 0.840. The molecule has 0 saturated carbocycles. The van der Waals surface area contributed by atoms with Crippen molar-refractivity contribution in [1.29, 1.82) is 0 Å². The number of ether oxygens (including phenoxy) is 1. The number of nitrogens with zero attached hydrogens (tertiary/aromatic N) is 2. The third kappa shape index (κ3) is 4.39. The Morgan fingerprint density at radius 3 is 2.37 bits per heavy atom. The molecule has 1 fully saturated rings. The molecule has 0 aliphatic carbocycles. The summed E-state index contributed by atoms with van der Waals surface area (Å²) in [6.45, 7) is 5.99. The summed E-state index contributed by atoms with van der Waals surface area (Å²) in [5.74, 6) is -1.06. The largest absolute Gasteiger partial charge is 0.507 e. The summed E-state index contributed by atoms with van der Waals surface area (Å²) in [7, 11) is 0. The van der Waals surface area contributed by atoms with E-state index >= 15 is 0 Å². The molecule has 3 rings (SSSR count). The number of phenolic OH excluding ortho intramolecular Hbond substituents is 1. The van der Waals surface area contributed by atoms with Gasteiger partial charge in [-0.3, -0.25) is 4.79 Å². The Kier molecular flexibility index (Phi) is 5.64. The average Bonchev–Trinajstić information content (AvgIpc) is 2.70. The van der Waals surface area contributed by atoms with E-state index in [0.29, 0.717) is 13.1 Å². The van der Waals surface area contributed by atoms with Gasteiger partial charge in [-0.05, 0) is 38.1 Å². The smallest absolute Gasteiger partial charge is 0.342 e. The number of amides is 1. The number of carbonyl (C=O) groups excluding carboxylic acids is 2. The minimum atomic E-state index is -0.902. The number of aromatic hydroxyl groups is 1. The van der Waals surface area contributed by atoms with Crippen molar-refractivity contribution in [3.8, 4) is 5.75 Å². The Balaban J connectivity index is 1.56. The molecule has 1 aliphatic heterocycles. The highest BCUT2D eigenvalue weighted by molar-refractivity contribution is 5.94. The summed E-state index contributed by atoms with van der Waals surface area (Å²) >= 11 is 0. The Labute approximate surface area is 159 Å². The molecule has 2 aromatic rings. The number of anilines is 1. The van der Waals surface area contributed by atoms with E-state index in [9.17, 15) is 14.7 Å². The fourth-order valence-electron chi connectivity index (χ4n) is 3.17. The van der Waals surface area contributed by atoms with Crippen LogP contribution in [0.25, 0.3) is 0 Å². The van der Waals surface area contributed by atoms with Crippen LogP contribution in [0.2, 0.25) is 0 Å². The van der Waals surface area contributed by atoms with Gasteiger partial charge in [0, 0.05) is 31.9 Å². The van der Waals surface area contributed by atoms with E-state index in [1.54, 1.807) is 24.0 Å². The summed E-state index contributed by atoms with van der Waals surface area (Å²) in [6, 6.07) is 14.8. The minimum absolute atomic E-state index is 0.0727. The number of esters is 1. The number of rotatable bonds is 4. The van der Waals surface area contributed by atoms with Crippen LogP contribution >= 0.6 is 0 Å². The van der Waals surface area contributed by atoms with E-state index in [0.717, 1.165) is 24.3 Å². The second-order valence-corrected chi connectivity index (χ2v) is 6.72. The van der Waals surface area contributed by atoms with Crippen LogP contribution < -0.4 is 4.90 Å². The second-order valence-electron chi connectivity index (χ2n) is 6.72. The number of carbonyl (C=O) groups is 2. The zero-order chi connectivity index (χ0) is 19.4. The Morgan fingerprint density at radius 1 is 1.04 bits per heavy atom. The predicted molar refractivity (Wildman–Crippen MR) is 103 cm³/mol. The van der Waals surface area contributed by atoms with E-state index in [4.69, 9.17) is 4.74 Å². The molecular weight excluding hydrogens is 344 g/mol. The highest BCUT2D eigenvalue weighted by Gasteiger charge is 2.28. The van der Waals surface area contributed by atoms with Crippen LogP contribution in [0.3, 0.4) is 0 Å². The number of aryl methyl sites for hydroxylation is 1. The molecule has 0 bridgehead atoms. The van der Waals surface area contributed by atoms with Crippen LogP contribution in [0, 0.1) is 6.92 Å². The van der Waals surface area contributed by atoms with Gasteiger partial charge in [0.1, 0.15) is 11.3 Å². The van der Waals surface area contributed by atoms with Gasteiger partial charge in [-0.15, -0.1) is 0 Å². The molecule has 27 heavy (non-hydrogen) atoms. The summed E-state index contributed by atoms with van der Waals surface area (Å²) in [5.41, 5.74) is 2.04. The maximum atomic E-state index is 12.6. The molecule has 1 amide bonds. The van der Waals surface area contributed by atoms with Crippen LogP contribution in [-0.4, -0.2) is 54.2 Å². The Morgan fingerprint density at radius 2 is 1.70 bits per heavy atom. The van der Waals surface area contributed by atoms with Crippen LogP contribution in [0.4, 0.5) is 5.69 Å². The summed E-state index contributed by atoms with van der Waals surface area (Å²) in [4.78, 5) is 28.9. The van der Waals surface area contributed by atoms with Crippen LogP contribution in [-0.2, 0) is 9.53 Å². The van der Waals surface area contributed by atoms with Gasteiger partial charge in [0.05, 0.1) is 0 Å². The lowest BCUT2D eigenvalue weighted by Gasteiger charge is -2.37. The number of phenols is 1. The molecule has 2 aromatic carbocycles. The molecule has 0 aromatic heterocycles. The molecule has 0 radical (unpaired) electrons. The molecular formula is C21H24N2O4. The molecule has 1 atom stereocenters. The SMILES string of the molecule is Cc1ccc(O)c(C(=O)OC(C)C(=O)N2CCN(c3ccccc3)CC2)c1. The average molecular weight is 368 g/mol. The van der Waals surface area contributed by atoms with Gasteiger partial charge in [-0.1, -0.05) is 29.8 Å². The van der Waals surface area contributed by atoms with E-state index in [2.05, 4.69) is 17.0 Å². The first kappa shape index (κ1) is 18.8. The van der Waals surface area contributed by atoms with Crippen molar-refractivity contribution in [3.05, 3.63) is 59.7 Å². The summed E-state index contributed by atoms with van der Waals surface area (Å²) in [5, 5.41) is 9.84. The first-order valence-electron chi connectivity index (χ1n) is 9.05. The molecule has 1 aliphatic rings. The number of para-hydroxylation sites is 1. The molecule has 1 N–H and O–H groups in total. The lowest BCUT2D eigenvalue weighted by molar-refractivity contribution is -0.140. The third-order valence-corrected chi connectivity index (χ3v) is 4.72. The number of benzene rings is 2. The van der Waals surface area contributed by atoms with Crippen molar-refractivity contribution in [1.82, 2.24) is 4.90 Å². The molecule has 1 saturated heterocycles. The van der Waals surface area contributed by atoms with Crippen molar-refractivity contribution < 1.29 is 19.4 Å². The van der Waals surface area contributed by atoms with E-state index in [1.807, 2.05) is 25.1 Å². The molecule has 1 heterocycles. The second kappa shape index (κ2) is 8.12. The van der Waals surface area contributed by atoms with Gasteiger partial charge in [0.2, 0.25) is 0 Å². The van der Waals surface area contributed by atoms with Crippen LogP contribution in [0.15, 0.2) is 48.5 Å². The van der Waals surface area contributed by atoms with Gasteiger partial charge in [0.25, 0.3) is 5.91 Å². The number of piperazine rings is 1. The van der Waals surface area contributed by atoms with E-state index in [-0.39, 0.29) is 17.2 Å². The standard InChI is InChI=1S/C21H24N2O4/c1-15-8-9-19(24)18(14-15)21(26)27-16(2)20(25)23-12-10-22(11-13-23)17-6-4-3-5-7-17/h3-9,14,16,24H,10-13H2,1-2H3. The maximum Gasteiger partial charge on any atom is 0.342 e. The zero-order valence-corrected chi connectivity index (χ0v) is 15.6. The molecule has 142 valence electrons. The van der Waals surface area contributed by atoms with Crippen molar-refractivity contribution in [2.24, 2.45) is 0 Å². The molecule has 0 spiro atoms. The van der Waals surface area contributed by atoms with Crippen molar-refractivity contribution in [2.75, 3.05) is 31.1 Å². The van der Waals surface area contributed by atoms with Crippen LogP contribution in [0.1, 0.15) is 22.8 Å². The molecule has 6 heteroatoms. The van der Waals surface area contributed by atoms with Crippen LogP contribution in [0.5, 0.6) is 5.75 Å². The Hall–Kier alpha value is -3.02. The topological polar surface area (TPSA) is 70.1 Å².